The van der Waals surface area contributed by atoms with Gasteiger partial charge in [-0.05, 0) is 24.3 Å². The van der Waals surface area contributed by atoms with Crippen LogP contribution in [0.4, 0.5) is 10.1 Å². The van der Waals surface area contributed by atoms with Gasteiger partial charge >= 0.3 is 0 Å². The van der Waals surface area contributed by atoms with E-state index in [1.54, 1.807) is 42.5 Å². The van der Waals surface area contributed by atoms with Crippen LogP contribution in [-0.2, 0) is 16.1 Å². The SMILES string of the molecule is CC(=O)N(CCC(=O)NCc1ccccc1F)c1cccc(C#N)c1. The zero-order valence-electron chi connectivity index (χ0n) is 13.8. The van der Waals surface area contributed by atoms with Gasteiger partial charge in [-0.2, -0.15) is 5.26 Å². The van der Waals surface area contributed by atoms with E-state index in [2.05, 4.69) is 5.32 Å². The number of hydrogen-bond acceptors (Lipinski definition) is 3. The number of carbonyl (C=O) groups excluding carboxylic acids is 2. The summed E-state index contributed by atoms with van der Waals surface area (Å²) in [5.41, 5.74) is 1.40. The van der Waals surface area contributed by atoms with Gasteiger partial charge in [0.2, 0.25) is 11.8 Å². The molecule has 0 fully saturated rings. The van der Waals surface area contributed by atoms with Crippen LogP contribution in [0.2, 0.25) is 0 Å². The van der Waals surface area contributed by atoms with Crippen molar-refractivity contribution in [3.8, 4) is 6.07 Å². The van der Waals surface area contributed by atoms with Gasteiger partial charge in [0.1, 0.15) is 5.82 Å². The molecule has 25 heavy (non-hydrogen) atoms. The van der Waals surface area contributed by atoms with Crippen molar-refractivity contribution in [2.75, 3.05) is 11.4 Å². The van der Waals surface area contributed by atoms with Crippen LogP contribution in [-0.4, -0.2) is 18.4 Å². The Morgan fingerprint density at radius 1 is 1.20 bits per heavy atom. The van der Waals surface area contributed by atoms with Crippen molar-refractivity contribution < 1.29 is 14.0 Å². The summed E-state index contributed by atoms with van der Waals surface area (Å²) in [4.78, 5) is 25.3. The lowest BCUT2D eigenvalue weighted by Gasteiger charge is -2.21. The van der Waals surface area contributed by atoms with Gasteiger partial charge in [-0.25, -0.2) is 4.39 Å². The lowest BCUT2D eigenvalue weighted by molar-refractivity contribution is -0.121. The molecule has 0 aliphatic rings. The maximum atomic E-state index is 13.5. The molecule has 128 valence electrons. The lowest BCUT2D eigenvalue weighted by atomic mass is 10.2. The van der Waals surface area contributed by atoms with Gasteiger partial charge in [0.05, 0.1) is 11.6 Å². The molecule has 0 aromatic heterocycles. The number of carbonyl (C=O) groups is 2. The predicted molar refractivity (Wildman–Crippen MR) is 92.0 cm³/mol. The maximum absolute atomic E-state index is 13.5. The highest BCUT2D eigenvalue weighted by Crippen LogP contribution is 2.16. The van der Waals surface area contributed by atoms with Crippen LogP contribution in [0.3, 0.4) is 0 Å². The molecule has 2 aromatic carbocycles. The van der Waals surface area contributed by atoms with Gasteiger partial charge in [0.25, 0.3) is 0 Å². The van der Waals surface area contributed by atoms with Crippen LogP contribution in [0.15, 0.2) is 48.5 Å². The first-order chi connectivity index (χ1) is 12.0. The summed E-state index contributed by atoms with van der Waals surface area (Å²) in [7, 11) is 0. The Balaban J connectivity index is 1.94. The number of anilines is 1. The summed E-state index contributed by atoms with van der Waals surface area (Å²) in [5, 5.41) is 11.6. The van der Waals surface area contributed by atoms with Crippen LogP contribution < -0.4 is 10.2 Å². The highest BCUT2D eigenvalue weighted by Gasteiger charge is 2.14. The number of halogens is 1. The van der Waals surface area contributed by atoms with E-state index in [1.165, 1.54) is 17.9 Å². The molecule has 0 atom stereocenters. The Morgan fingerprint density at radius 2 is 1.96 bits per heavy atom. The molecule has 0 heterocycles. The quantitative estimate of drug-likeness (QED) is 0.879. The van der Waals surface area contributed by atoms with E-state index >= 15 is 0 Å². The van der Waals surface area contributed by atoms with Gasteiger partial charge in [-0.1, -0.05) is 24.3 Å². The largest absolute Gasteiger partial charge is 0.352 e. The summed E-state index contributed by atoms with van der Waals surface area (Å²) in [6.07, 6.45) is 0.0742. The minimum atomic E-state index is -0.374. The van der Waals surface area contributed by atoms with E-state index in [9.17, 15) is 14.0 Å². The summed E-state index contributed by atoms with van der Waals surface area (Å²) in [6, 6.07) is 14.9. The zero-order valence-corrected chi connectivity index (χ0v) is 13.8. The molecule has 0 bridgehead atoms. The average molecular weight is 339 g/mol. The molecule has 2 aromatic rings. The van der Waals surface area contributed by atoms with Crippen molar-refractivity contribution in [1.29, 1.82) is 5.26 Å². The molecular weight excluding hydrogens is 321 g/mol. The van der Waals surface area contributed by atoms with Crippen molar-refractivity contribution in [2.45, 2.75) is 19.9 Å². The minimum absolute atomic E-state index is 0.0742. The number of nitriles is 1. The van der Waals surface area contributed by atoms with E-state index in [0.29, 0.717) is 16.8 Å². The summed E-state index contributed by atoms with van der Waals surface area (Å²) >= 11 is 0. The lowest BCUT2D eigenvalue weighted by Crippen LogP contribution is -2.33. The standard InChI is InChI=1S/C19H18FN3O2/c1-14(24)23(17-7-4-5-15(11-17)12-21)10-9-19(25)22-13-16-6-2-3-8-18(16)20/h2-8,11H,9-10,13H2,1H3,(H,22,25). The molecular formula is C19H18FN3O2. The fourth-order valence-corrected chi connectivity index (χ4v) is 2.35. The Kier molecular flexibility index (Phi) is 6.24. The number of hydrogen-bond donors (Lipinski definition) is 1. The van der Waals surface area contributed by atoms with E-state index in [0.717, 1.165) is 0 Å². The fraction of sp³-hybridized carbons (Fsp3) is 0.211. The molecule has 0 spiro atoms. The Morgan fingerprint density at radius 3 is 2.64 bits per heavy atom. The van der Waals surface area contributed by atoms with Crippen LogP contribution >= 0.6 is 0 Å². The number of amides is 2. The molecule has 0 unspecified atom stereocenters. The fourth-order valence-electron chi connectivity index (χ4n) is 2.35. The number of rotatable bonds is 6. The number of nitrogens with one attached hydrogen (secondary N) is 1. The molecule has 0 saturated carbocycles. The molecule has 1 N–H and O–H groups in total. The predicted octanol–water partition coefficient (Wildman–Crippen LogP) is 2.76. The Hall–Kier alpha value is -3.20. The molecule has 0 saturated heterocycles. The summed E-state index contributed by atoms with van der Waals surface area (Å²) < 4.78 is 13.5. The van der Waals surface area contributed by atoms with Gasteiger partial charge in [0.15, 0.2) is 0 Å². The second kappa shape index (κ2) is 8.60. The van der Waals surface area contributed by atoms with Gasteiger partial charge < -0.3 is 10.2 Å². The smallest absolute Gasteiger partial charge is 0.223 e. The van der Waals surface area contributed by atoms with Crippen molar-refractivity contribution in [3.63, 3.8) is 0 Å². The van der Waals surface area contributed by atoms with Gasteiger partial charge in [-0.3, -0.25) is 9.59 Å². The molecule has 2 amide bonds. The molecule has 0 aliphatic heterocycles. The summed E-state index contributed by atoms with van der Waals surface area (Å²) in [5.74, 6) is -0.885. The third kappa shape index (κ3) is 5.15. The molecule has 0 aliphatic carbocycles. The number of nitrogens with zero attached hydrogens (tertiary/aromatic N) is 2. The second-order valence-electron chi connectivity index (χ2n) is 5.45. The Bertz CT molecular complexity index is 814. The van der Waals surface area contributed by atoms with Gasteiger partial charge in [0, 0.05) is 37.7 Å². The van der Waals surface area contributed by atoms with Gasteiger partial charge in [-0.15, -0.1) is 0 Å². The average Bonchev–Trinajstić information content (AvgIpc) is 2.61. The van der Waals surface area contributed by atoms with Crippen molar-refractivity contribution in [3.05, 3.63) is 65.5 Å². The minimum Gasteiger partial charge on any atom is -0.352 e. The highest BCUT2D eigenvalue weighted by molar-refractivity contribution is 5.92. The van der Waals surface area contributed by atoms with E-state index in [1.807, 2.05) is 6.07 Å². The Labute approximate surface area is 145 Å². The molecule has 5 nitrogen and oxygen atoms in total. The topological polar surface area (TPSA) is 73.2 Å². The molecule has 0 radical (unpaired) electrons. The molecule has 6 heteroatoms. The monoisotopic (exact) mass is 339 g/mol. The van der Waals surface area contributed by atoms with Crippen LogP contribution in [0, 0.1) is 17.1 Å². The van der Waals surface area contributed by atoms with Crippen LogP contribution in [0.1, 0.15) is 24.5 Å². The zero-order chi connectivity index (χ0) is 18.2. The van der Waals surface area contributed by atoms with E-state index in [4.69, 9.17) is 5.26 Å². The first-order valence-corrected chi connectivity index (χ1v) is 7.79. The normalized spacial score (nSPS) is 9.96. The van der Waals surface area contributed by atoms with Crippen molar-refractivity contribution in [1.82, 2.24) is 5.32 Å². The first kappa shape index (κ1) is 18.1. The van der Waals surface area contributed by atoms with Crippen LogP contribution in [0.5, 0.6) is 0 Å². The van der Waals surface area contributed by atoms with Crippen molar-refractivity contribution >= 4 is 17.5 Å². The molecule has 2 rings (SSSR count). The van der Waals surface area contributed by atoms with E-state index in [-0.39, 0.29) is 37.1 Å². The van der Waals surface area contributed by atoms with E-state index < -0.39 is 0 Å². The third-order valence-electron chi connectivity index (χ3n) is 3.66. The van der Waals surface area contributed by atoms with Crippen molar-refractivity contribution in [2.24, 2.45) is 0 Å². The first-order valence-electron chi connectivity index (χ1n) is 7.79. The van der Waals surface area contributed by atoms with Crippen LogP contribution in [0.25, 0.3) is 0 Å². The maximum Gasteiger partial charge on any atom is 0.223 e. The summed E-state index contributed by atoms with van der Waals surface area (Å²) in [6.45, 7) is 1.67. The second-order valence-corrected chi connectivity index (χ2v) is 5.45. The highest BCUT2D eigenvalue weighted by atomic mass is 19.1. The number of benzene rings is 2. The third-order valence-corrected chi connectivity index (χ3v) is 3.66.